The van der Waals surface area contributed by atoms with E-state index in [1.165, 1.54) is 12.8 Å². The Morgan fingerprint density at radius 2 is 0.894 bits per heavy atom. The lowest BCUT2D eigenvalue weighted by Crippen LogP contribution is -2.51. The van der Waals surface area contributed by atoms with Crippen molar-refractivity contribution in [2.45, 2.75) is 167 Å². The molecule has 16 heteroatoms. The predicted molar refractivity (Wildman–Crippen MR) is 263 cm³/mol. The number of benzene rings is 2. The summed E-state index contributed by atoms with van der Waals surface area (Å²) in [5, 5.41) is 26.2. The third kappa shape index (κ3) is 22.4. The van der Waals surface area contributed by atoms with Gasteiger partial charge in [-0.2, -0.15) is 0 Å². The number of hydrogen-bond acceptors (Lipinski definition) is 10. The second-order valence-electron chi connectivity index (χ2n) is 19.8. The number of rotatable bonds is 26. The Hall–Kier alpha value is -3.06. The number of carbonyl (C=O) groups is 4. The number of aliphatic hydroxyl groups is 2. The molecular weight excluding hydrogens is 879 g/mol. The molecule has 66 heavy (non-hydrogen) atoms. The Bertz CT molecular complexity index is 1720. The molecule has 2 aromatic carbocycles. The highest BCUT2D eigenvalue weighted by atomic mass is 31.2. The lowest BCUT2D eigenvalue weighted by atomic mass is 9.91. The van der Waals surface area contributed by atoms with Crippen LogP contribution in [0.15, 0.2) is 60.7 Å². The third-order valence-corrected chi connectivity index (χ3v) is 17.0. The molecule has 2 aliphatic rings. The van der Waals surface area contributed by atoms with Gasteiger partial charge in [-0.25, -0.2) is 0 Å². The third-order valence-electron chi connectivity index (χ3n) is 12.9. The largest absolute Gasteiger partial charge is 0.393 e. The molecule has 10 N–H and O–H groups in total. The zero-order chi connectivity index (χ0) is 48.9. The van der Waals surface area contributed by atoms with Crippen molar-refractivity contribution in [3.63, 3.8) is 0 Å². The number of aliphatic hydroxyl groups excluding tert-OH is 2. The molecule has 0 heterocycles. The molecule has 0 bridgehead atoms. The Morgan fingerprint density at radius 3 is 1.20 bits per heavy atom. The lowest BCUT2D eigenvalue weighted by molar-refractivity contribution is -0.129. The molecule has 0 saturated heterocycles. The van der Waals surface area contributed by atoms with Gasteiger partial charge in [0.2, 0.25) is 26.6 Å². The van der Waals surface area contributed by atoms with Crippen molar-refractivity contribution in [3.05, 3.63) is 71.8 Å². The number of nitrogens with two attached hydrogens (primary N) is 2. The number of carbonyl (C=O) groups excluding carboxylic acids is 4. The van der Waals surface area contributed by atoms with E-state index in [4.69, 9.17) is 11.5 Å². The van der Waals surface area contributed by atoms with Gasteiger partial charge < -0.3 is 42.1 Å². The molecule has 0 spiro atoms. The molecular formula is C50H82N4O10P2. The Balaban J connectivity index is 0.000000350. The minimum absolute atomic E-state index is 0.0294. The first-order valence-electron chi connectivity index (χ1n) is 24.4. The van der Waals surface area contributed by atoms with Gasteiger partial charge in [-0.1, -0.05) is 127 Å². The molecule has 8 atom stereocenters. The summed E-state index contributed by atoms with van der Waals surface area (Å²) in [6.07, 6.45) is 9.75. The van der Waals surface area contributed by atoms with Gasteiger partial charge in [-0.3, -0.25) is 28.3 Å². The fraction of sp³-hybridized carbons (Fsp3) is 0.680. The van der Waals surface area contributed by atoms with E-state index in [0.29, 0.717) is 12.8 Å². The number of Topliss-reactive ketones (excluding diaryl/α,β-unsaturated/α-hetero) is 2. The van der Waals surface area contributed by atoms with Crippen LogP contribution >= 0.6 is 14.7 Å². The number of hydrogen-bond donors (Lipinski definition) is 8. The van der Waals surface area contributed by atoms with Crippen molar-refractivity contribution in [2.24, 2.45) is 35.1 Å². The van der Waals surface area contributed by atoms with Crippen LogP contribution in [-0.4, -0.2) is 104 Å². The zero-order valence-electron chi connectivity index (χ0n) is 40.0. The molecule has 2 unspecified atom stereocenters. The van der Waals surface area contributed by atoms with Crippen molar-refractivity contribution >= 4 is 38.1 Å². The number of amides is 2. The molecule has 2 fully saturated rings. The summed E-state index contributed by atoms with van der Waals surface area (Å²) in [6, 6.07) is 15.9. The summed E-state index contributed by atoms with van der Waals surface area (Å²) < 4.78 is 25.2. The summed E-state index contributed by atoms with van der Waals surface area (Å²) >= 11 is 0. The zero-order valence-corrected chi connectivity index (χ0v) is 41.8. The minimum atomic E-state index is -3.44. The van der Waals surface area contributed by atoms with Gasteiger partial charge in [-0.15, -0.1) is 0 Å². The van der Waals surface area contributed by atoms with Gasteiger partial charge in [-0.05, 0) is 86.2 Å². The van der Waals surface area contributed by atoms with Gasteiger partial charge in [0.15, 0.2) is 11.6 Å². The van der Waals surface area contributed by atoms with E-state index >= 15 is 0 Å². The van der Waals surface area contributed by atoms with Crippen molar-refractivity contribution in [3.8, 4) is 0 Å². The molecule has 0 aliphatic heterocycles. The second-order valence-corrected chi connectivity index (χ2v) is 24.6. The van der Waals surface area contributed by atoms with E-state index in [0.717, 1.165) is 62.5 Å². The Kier molecular flexibility index (Phi) is 25.2. The van der Waals surface area contributed by atoms with Gasteiger partial charge >= 0.3 is 0 Å². The molecule has 372 valence electrons. The average Bonchev–Trinajstić information content (AvgIpc) is 3.26. The van der Waals surface area contributed by atoms with Gasteiger partial charge in [0.1, 0.15) is 0 Å². The summed E-state index contributed by atoms with van der Waals surface area (Å²) in [4.78, 5) is 71.4. The van der Waals surface area contributed by atoms with Crippen LogP contribution in [0.1, 0.15) is 129 Å². The minimum Gasteiger partial charge on any atom is -0.393 e. The highest BCUT2D eigenvalue weighted by Gasteiger charge is 2.32. The van der Waals surface area contributed by atoms with Crippen LogP contribution in [0.5, 0.6) is 0 Å². The highest BCUT2D eigenvalue weighted by molar-refractivity contribution is 7.58. The van der Waals surface area contributed by atoms with E-state index in [1.807, 2.05) is 88.4 Å². The summed E-state index contributed by atoms with van der Waals surface area (Å²) in [6.45, 7) is 7.37. The molecule has 2 amide bonds. The Morgan fingerprint density at radius 1 is 0.576 bits per heavy atom. The predicted octanol–water partition coefficient (Wildman–Crippen LogP) is 6.52. The SMILES string of the molecule is CC(C)[C@@H](NC(=O)[C@@H](N)Cc1ccccc1)C(=O)CC[C@@H](O)CP(=O)(O)CC1CCCCC1.CC(C)[C@H](NC(=O)[C@@H](N)Cc1ccccc1)C(=O)CC[C@@H](O)CP(=O)(O)CC1CCCCC1. The van der Waals surface area contributed by atoms with Crippen molar-refractivity contribution in [1.82, 2.24) is 10.6 Å². The van der Waals surface area contributed by atoms with E-state index in [2.05, 4.69) is 10.6 Å². The molecule has 14 nitrogen and oxygen atoms in total. The second kappa shape index (κ2) is 29.1. The standard InChI is InChI=1S/2C25H41N2O5P/c2*1-18(2)24(27-25(30)22(26)15-19-9-5-3-6-10-19)23(29)14-13-21(28)17-33(31,32)16-20-11-7-4-8-12-20/h2*3,5-6,9-10,18,20-22,24,28H,4,7-8,11-17,26H2,1-2H3,(H,27,30)(H,31,32)/t21-,22+,24+;21-,22+,24-/m11/s1. The van der Waals surface area contributed by atoms with E-state index in [1.54, 1.807) is 0 Å². The van der Waals surface area contributed by atoms with Gasteiger partial charge in [0, 0.05) is 25.2 Å². The first-order valence-corrected chi connectivity index (χ1v) is 28.4. The summed E-state index contributed by atoms with van der Waals surface area (Å²) in [5.74, 6) is -0.963. The topological polar surface area (TPSA) is 259 Å². The maximum absolute atomic E-state index is 12.8. The number of ketones is 2. The molecule has 2 aromatic rings. The van der Waals surface area contributed by atoms with Crippen molar-refractivity contribution in [2.75, 3.05) is 24.6 Å². The summed E-state index contributed by atoms with van der Waals surface area (Å²) in [7, 11) is -6.87. The quantitative estimate of drug-likeness (QED) is 0.0469. The molecule has 0 aromatic heterocycles. The van der Waals surface area contributed by atoms with Crippen molar-refractivity contribution in [1.29, 1.82) is 0 Å². The number of nitrogens with one attached hydrogen (secondary N) is 2. The van der Waals surface area contributed by atoms with Crippen LogP contribution in [-0.2, 0) is 41.1 Å². The van der Waals surface area contributed by atoms with Crippen LogP contribution in [0, 0.1) is 23.7 Å². The molecule has 0 radical (unpaired) electrons. The lowest BCUT2D eigenvalue weighted by Gasteiger charge is -2.26. The smallest absolute Gasteiger partial charge is 0.237 e. The van der Waals surface area contributed by atoms with E-state index < -0.39 is 62.9 Å². The molecule has 2 saturated carbocycles. The van der Waals surface area contributed by atoms with Gasteiger partial charge in [0.25, 0.3) is 0 Å². The van der Waals surface area contributed by atoms with Crippen molar-refractivity contribution < 1.29 is 48.3 Å². The van der Waals surface area contributed by atoms with E-state index in [9.17, 15) is 48.3 Å². The van der Waals surface area contributed by atoms with Crippen LogP contribution in [0.25, 0.3) is 0 Å². The first kappa shape index (κ1) is 57.3. The van der Waals surface area contributed by atoms with Crippen LogP contribution in [0.3, 0.4) is 0 Å². The maximum atomic E-state index is 12.8. The Labute approximate surface area is 394 Å². The fourth-order valence-corrected chi connectivity index (χ4v) is 13.5. The monoisotopic (exact) mass is 961 g/mol. The maximum Gasteiger partial charge on any atom is 0.237 e. The average molecular weight is 961 g/mol. The van der Waals surface area contributed by atoms with Gasteiger partial charge in [0.05, 0.1) is 48.7 Å². The summed E-state index contributed by atoms with van der Waals surface area (Å²) in [5.41, 5.74) is 14.0. The fourth-order valence-electron chi connectivity index (χ4n) is 9.15. The molecule has 4 rings (SSSR count). The van der Waals surface area contributed by atoms with Crippen LogP contribution in [0.4, 0.5) is 0 Å². The van der Waals surface area contributed by atoms with Crippen LogP contribution in [0.2, 0.25) is 0 Å². The highest BCUT2D eigenvalue weighted by Crippen LogP contribution is 2.47. The van der Waals surface area contributed by atoms with E-state index in [-0.39, 0.29) is 85.6 Å². The normalized spacial score (nSPS) is 19.5. The first-order chi connectivity index (χ1) is 31.1. The van der Waals surface area contributed by atoms with Crippen LogP contribution < -0.4 is 22.1 Å². The molecule has 2 aliphatic carbocycles.